The second-order valence-electron chi connectivity index (χ2n) is 8.35. The van der Waals surface area contributed by atoms with E-state index in [2.05, 4.69) is 4.98 Å². The minimum Gasteiger partial charge on any atom is -0.383 e. The zero-order valence-corrected chi connectivity index (χ0v) is 20.5. The highest BCUT2D eigenvalue weighted by atomic mass is 32.2. The molecule has 0 saturated carbocycles. The van der Waals surface area contributed by atoms with Crippen molar-refractivity contribution in [3.05, 3.63) is 83.4 Å². The molecule has 2 aromatic carbocycles. The summed E-state index contributed by atoms with van der Waals surface area (Å²) in [4.78, 5) is 19.0. The molecule has 3 aromatic rings. The van der Waals surface area contributed by atoms with Crippen molar-refractivity contribution in [3.8, 4) is 0 Å². The van der Waals surface area contributed by atoms with Gasteiger partial charge in [0.1, 0.15) is 5.82 Å². The number of ether oxygens (including phenoxy) is 1. The zero-order chi connectivity index (χ0) is 24.7. The van der Waals surface area contributed by atoms with Crippen molar-refractivity contribution in [1.29, 1.82) is 0 Å². The monoisotopic (exact) mass is 487 g/mol. The van der Waals surface area contributed by atoms with Crippen LogP contribution in [0.2, 0.25) is 0 Å². The fraction of sp³-hybridized carbons (Fsp3) is 0.360. The summed E-state index contributed by atoms with van der Waals surface area (Å²) in [6.45, 7) is 4.65. The van der Waals surface area contributed by atoms with E-state index in [-0.39, 0.29) is 35.8 Å². The van der Waals surface area contributed by atoms with E-state index in [1.165, 1.54) is 30.5 Å². The van der Waals surface area contributed by atoms with Crippen molar-refractivity contribution in [2.24, 2.45) is 0 Å². The number of aromatic nitrogens is 2. The Labute approximate surface area is 200 Å². The summed E-state index contributed by atoms with van der Waals surface area (Å²) < 4.78 is 46.4. The Morgan fingerprint density at radius 3 is 2.38 bits per heavy atom. The quantitative estimate of drug-likeness (QED) is 0.411. The average molecular weight is 488 g/mol. The van der Waals surface area contributed by atoms with Gasteiger partial charge in [-0.3, -0.25) is 4.79 Å². The first-order valence-electron chi connectivity index (χ1n) is 11.0. The molecule has 3 rings (SSSR count). The van der Waals surface area contributed by atoms with Gasteiger partial charge in [-0.05, 0) is 37.1 Å². The number of imidazole rings is 1. The fourth-order valence-electron chi connectivity index (χ4n) is 3.71. The molecule has 0 N–H and O–H groups in total. The fourth-order valence-corrected chi connectivity index (χ4v) is 5.31. The lowest BCUT2D eigenvalue weighted by Gasteiger charge is -2.24. The van der Waals surface area contributed by atoms with E-state index in [9.17, 15) is 17.6 Å². The lowest BCUT2D eigenvalue weighted by molar-refractivity contribution is -0.131. The molecule has 0 radical (unpaired) electrons. The highest BCUT2D eigenvalue weighted by Crippen LogP contribution is 2.23. The molecule has 34 heavy (non-hydrogen) atoms. The number of hydrogen-bond acceptors (Lipinski definition) is 5. The highest BCUT2D eigenvalue weighted by Gasteiger charge is 2.27. The molecule has 0 unspecified atom stereocenters. The zero-order valence-electron chi connectivity index (χ0n) is 19.6. The number of nitrogens with zero attached hydrogens (tertiary/aromatic N) is 3. The summed E-state index contributed by atoms with van der Waals surface area (Å²) in [7, 11) is -2.23. The lowest BCUT2D eigenvalue weighted by Crippen LogP contribution is -2.35. The summed E-state index contributed by atoms with van der Waals surface area (Å²) in [6.07, 6.45) is 1.74. The summed E-state index contributed by atoms with van der Waals surface area (Å²) in [5, 5.41) is -0.0657. The van der Waals surface area contributed by atoms with Crippen molar-refractivity contribution < 1.29 is 22.3 Å². The van der Waals surface area contributed by atoms with E-state index in [1.54, 1.807) is 16.6 Å². The minimum absolute atomic E-state index is 0.0657. The number of halogens is 1. The van der Waals surface area contributed by atoms with Crippen LogP contribution >= 0.6 is 0 Å². The molecule has 0 fully saturated rings. The van der Waals surface area contributed by atoms with Gasteiger partial charge in [0.2, 0.25) is 20.9 Å². The van der Waals surface area contributed by atoms with Crippen LogP contribution in [-0.2, 0) is 38.1 Å². The Bertz CT molecular complexity index is 1190. The number of carbonyl (C=O) groups is 1. The normalized spacial score (nSPS) is 11.7. The third-order valence-electron chi connectivity index (χ3n) is 5.37. The van der Waals surface area contributed by atoms with Crippen molar-refractivity contribution in [2.75, 3.05) is 20.3 Å². The number of carbonyl (C=O) groups excluding carboxylic acids is 1. The van der Waals surface area contributed by atoms with Crippen LogP contribution in [0, 0.1) is 5.82 Å². The Kier molecular flexibility index (Phi) is 8.57. The van der Waals surface area contributed by atoms with E-state index < -0.39 is 15.7 Å². The molecule has 1 amide bonds. The van der Waals surface area contributed by atoms with Gasteiger partial charge in [0.15, 0.2) is 0 Å². The number of benzene rings is 2. The maximum atomic E-state index is 13.2. The Balaban J connectivity index is 1.87. The molecule has 7 nitrogen and oxygen atoms in total. The Morgan fingerprint density at radius 1 is 1.09 bits per heavy atom. The maximum absolute atomic E-state index is 13.2. The molecular weight excluding hydrogens is 457 g/mol. The summed E-state index contributed by atoms with van der Waals surface area (Å²) in [5.41, 5.74) is 1.99. The number of hydrogen-bond donors (Lipinski definition) is 0. The minimum atomic E-state index is -3.80. The van der Waals surface area contributed by atoms with Crippen LogP contribution in [0.15, 0.2) is 66.0 Å². The number of methoxy groups -OCH3 is 1. The van der Waals surface area contributed by atoms with Crippen LogP contribution in [0.1, 0.15) is 36.7 Å². The molecule has 0 aliphatic heterocycles. The molecule has 1 aromatic heterocycles. The highest BCUT2D eigenvalue weighted by molar-refractivity contribution is 7.90. The van der Waals surface area contributed by atoms with Crippen LogP contribution in [-0.4, -0.2) is 49.0 Å². The molecule has 0 spiro atoms. The average Bonchev–Trinajstić information content (AvgIpc) is 3.24. The van der Waals surface area contributed by atoms with Crippen LogP contribution in [0.4, 0.5) is 4.39 Å². The van der Waals surface area contributed by atoms with Crippen LogP contribution < -0.4 is 0 Å². The van der Waals surface area contributed by atoms with Crippen molar-refractivity contribution in [2.45, 2.75) is 43.8 Å². The molecule has 0 atom stereocenters. The number of amides is 1. The van der Waals surface area contributed by atoms with Crippen molar-refractivity contribution in [1.82, 2.24) is 14.5 Å². The SMILES string of the molecule is COCCN(Cc1cnc(S(=O)(=O)Cc2ccc(F)cc2)n1C(C)C)C(=O)Cc1ccccc1. The van der Waals surface area contributed by atoms with Crippen molar-refractivity contribution in [3.63, 3.8) is 0 Å². The van der Waals surface area contributed by atoms with Gasteiger partial charge >= 0.3 is 0 Å². The third-order valence-corrected chi connectivity index (χ3v) is 6.94. The van der Waals surface area contributed by atoms with Crippen LogP contribution in [0.25, 0.3) is 0 Å². The van der Waals surface area contributed by atoms with Gasteiger partial charge in [-0.1, -0.05) is 42.5 Å². The van der Waals surface area contributed by atoms with E-state index in [0.29, 0.717) is 24.4 Å². The summed E-state index contributed by atoms with van der Waals surface area (Å²) >= 11 is 0. The molecule has 0 saturated heterocycles. The Hall–Kier alpha value is -3.04. The topological polar surface area (TPSA) is 81.5 Å². The molecular formula is C25H30FN3O4S. The standard InChI is InChI=1S/C25H30FN3O4S/c1-19(2)29-23(16-27-25(29)34(31,32)18-21-9-11-22(26)12-10-21)17-28(13-14-33-3)24(30)15-20-7-5-4-6-8-20/h4-12,16,19H,13-15,17-18H2,1-3H3. The van der Waals surface area contributed by atoms with Gasteiger partial charge in [-0.2, -0.15) is 0 Å². The van der Waals surface area contributed by atoms with Gasteiger partial charge in [0.05, 0.1) is 37.2 Å². The number of sulfone groups is 1. The largest absolute Gasteiger partial charge is 0.383 e. The van der Waals surface area contributed by atoms with Gasteiger partial charge in [0, 0.05) is 19.7 Å². The predicted octanol–water partition coefficient (Wildman–Crippen LogP) is 3.79. The molecule has 0 aliphatic rings. The van der Waals surface area contributed by atoms with Gasteiger partial charge in [0.25, 0.3) is 0 Å². The van der Waals surface area contributed by atoms with E-state index in [1.807, 2.05) is 44.2 Å². The molecule has 9 heteroatoms. The third kappa shape index (κ3) is 6.51. The molecule has 182 valence electrons. The maximum Gasteiger partial charge on any atom is 0.228 e. The van der Waals surface area contributed by atoms with E-state index >= 15 is 0 Å². The van der Waals surface area contributed by atoms with Gasteiger partial charge in [-0.15, -0.1) is 0 Å². The second-order valence-corrected chi connectivity index (χ2v) is 10.2. The smallest absolute Gasteiger partial charge is 0.228 e. The Morgan fingerprint density at radius 2 is 1.76 bits per heavy atom. The molecule has 1 heterocycles. The first-order valence-corrected chi connectivity index (χ1v) is 12.7. The predicted molar refractivity (Wildman–Crippen MR) is 127 cm³/mol. The van der Waals surface area contributed by atoms with Gasteiger partial charge < -0.3 is 14.2 Å². The van der Waals surface area contributed by atoms with E-state index in [4.69, 9.17) is 4.74 Å². The first-order chi connectivity index (χ1) is 16.2. The second kappa shape index (κ2) is 11.4. The van der Waals surface area contributed by atoms with Crippen molar-refractivity contribution >= 4 is 15.7 Å². The summed E-state index contributed by atoms with van der Waals surface area (Å²) in [6, 6.07) is 14.6. The van der Waals surface area contributed by atoms with Gasteiger partial charge in [-0.25, -0.2) is 17.8 Å². The molecule has 0 bridgehead atoms. The van der Waals surface area contributed by atoms with Crippen LogP contribution in [0.3, 0.4) is 0 Å². The van der Waals surface area contributed by atoms with Crippen LogP contribution in [0.5, 0.6) is 0 Å². The molecule has 0 aliphatic carbocycles. The van der Waals surface area contributed by atoms with E-state index in [0.717, 1.165) is 5.56 Å². The lowest BCUT2D eigenvalue weighted by atomic mass is 10.1. The number of rotatable bonds is 11. The first kappa shape index (κ1) is 25.6. The summed E-state index contributed by atoms with van der Waals surface area (Å²) in [5.74, 6) is -0.810.